The molecule has 0 unspecified atom stereocenters. The Hall–Kier alpha value is -3.39. The number of benzene rings is 4. The van der Waals surface area contributed by atoms with Crippen molar-refractivity contribution in [3.8, 4) is 0 Å². The molecule has 0 saturated carbocycles. The van der Waals surface area contributed by atoms with Crippen LogP contribution in [0.15, 0.2) is 127 Å². The van der Waals surface area contributed by atoms with Crippen molar-refractivity contribution in [2.24, 2.45) is 0 Å². The molecule has 0 spiro atoms. The first-order chi connectivity index (χ1) is 15.2. The number of anilines is 1. The molecule has 0 aliphatic rings. The number of carboxylic acids is 1. The lowest BCUT2D eigenvalue weighted by molar-refractivity contribution is -0.0000215. The van der Waals surface area contributed by atoms with Crippen molar-refractivity contribution >= 4 is 34.8 Å². The van der Waals surface area contributed by atoms with Crippen molar-refractivity contribution in [3.63, 3.8) is 0 Å². The van der Waals surface area contributed by atoms with Gasteiger partial charge in [0.1, 0.15) is 23.2 Å². The van der Waals surface area contributed by atoms with Gasteiger partial charge < -0.3 is 22.8 Å². The summed E-state index contributed by atoms with van der Waals surface area (Å²) in [4.78, 5) is 11.6. The fraction of sp³-hybridized carbons (Fsp3) is 0. The summed E-state index contributed by atoms with van der Waals surface area (Å²) in [7, 11) is -2.12. The zero-order valence-corrected chi connectivity index (χ0v) is 19.0. The highest BCUT2D eigenvalue weighted by Crippen LogP contribution is 2.56. The average molecular weight is 460 g/mol. The van der Waals surface area contributed by atoms with E-state index in [0.29, 0.717) is 5.69 Å². The van der Waals surface area contributed by atoms with E-state index < -0.39 is 13.2 Å². The molecular weight excluding hydrogens is 437 g/mol. The number of rotatable bonds is 7. The van der Waals surface area contributed by atoms with Gasteiger partial charge >= 0.3 is 5.97 Å². The Bertz CT molecular complexity index is 1090. The van der Waals surface area contributed by atoms with Gasteiger partial charge in [0.05, 0.1) is 17.1 Å². The van der Waals surface area contributed by atoms with Crippen LogP contribution in [0.2, 0.25) is 0 Å². The first-order valence-corrected chi connectivity index (χ1v) is 11.9. The molecule has 0 saturated heterocycles. The minimum Gasteiger partial charge on any atom is -1.00 e. The van der Waals surface area contributed by atoms with Gasteiger partial charge in [0.2, 0.25) is 0 Å². The van der Waals surface area contributed by atoms with Crippen molar-refractivity contribution in [1.82, 2.24) is 0 Å². The summed E-state index contributed by atoms with van der Waals surface area (Å²) < 4.78 is 0. The topological polar surface area (TPSA) is 49.3 Å². The lowest BCUT2D eigenvalue weighted by Gasteiger charge is -2.24. The summed E-state index contributed by atoms with van der Waals surface area (Å²) in [6, 6.07) is 38.4. The van der Waals surface area contributed by atoms with Crippen LogP contribution in [0.25, 0.3) is 0 Å². The van der Waals surface area contributed by atoms with Crippen molar-refractivity contribution in [2.75, 3.05) is 5.32 Å². The first-order valence-electron chi connectivity index (χ1n) is 10.0. The molecule has 0 aliphatic heterocycles. The van der Waals surface area contributed by atoms with Gasteiger partial charge in [-0.05, 0) is 48.5 Å². The number of hydrogen-bond acceptors (Lipinski definition) is 2. The van der Waals surface area contributed by atoms with Crippen LogP contribution in [0.5, 0.6) is 0 Å². The number of aromatic carboxylic acids is 1. The van der Waals surface area contributed by atoms with Crippen molar-refractivity contribution in [2.45, 2.75) is 0 Å². The highest BCUT2D eigenvalue weighted by atomic mass is 35.5. The lowest BCUT2D eigenvalue weighted by atomic mass is 10.2. The Morgan fingerprint density at radius 2 is 1.06 bits per heavy atom. The highest BCUT2D eigenvalue weighted by Gasteiger charge is 2.43. The van der Waals surface area contributed by atoms with Crippen LogP contribution in [0, 0.1) is 0 Å². The summed E-state index contributed by atoms with van der Waals surface area (Å²) >= 11 is 0. The highest BCUT2D eigenvalue weighted by molar-refractivity contribution is 7.98. The van der Waals surface area contributed by atoms with E-state index in [2.05, 4.69) is 83.9 Å². The Kier molecular flexibility index (Phi) is 7.83. The normalized spacial score (nSPS) is 11.0. The predicted octanol–water partition coefficient (Wildman–Crippen LogP) is 2.27. The van der Waals surface area contributed by atoms with Gasteiger partial charge in [-0.15, -0.1) is 0 Å². The van der Waals surface area contributed by atoms with Crippen LogP contribution in [0.1, 0.15) is 10.4 Å². The second-order valence-electron chi connectivity index (χ2n) is 7.04. The third-order valence-corrected chi connectivity index (χ3v) is 9.12. The van der Waals surface area contributed by atoms with E-state index in [1.165, 1.54) is 15.9 Å². The monoisotopic (exact) mass is 459 g/mol. The predicted molar refractivity (Wildman–Crippen MR) is 131 cm³/mol. The van der Waals surface area contributed by atoms with E-state index in [1.54, 1.807) is 18.2 Å². The molecule has 5 heteroatoms. The molecule has 0 heterocycles. The van der Waals surface area contributed by atoms with Gasteiger partial charge in [0.15, 0.2) is 0 Å². The Labute approximate surface area is 195 Å². The maximum Gasteiger partial charge on any atom is 0.337 e. The van der Waals surface area contributed by atoms with Crippen LogP contribution >= 0.6 is 7.26 Å². The first kappa shape index (κ1) is 23.3. The zero-order valence-electron chi connectivity index (χ0n) is 17.3. The number of nitrogens with one attached hydrogen (secondary N) is 1. The van der Waals surface area contributed by atoms with E-state index in [4.69, 9.17) is 0 Å². The average Bonchev–Trinajstić information content (AvgIpc) is 2.84. The number of para-hydroxylation sites is 1. The third kappa shape index (κ3) is 4.75. The van der Waals surface area contributed by atoms with Crippen LogP contribution in [0.4, 0.5) is 5.69 Å². The zero-order chi connectivity index (χ0) is 21.5. The van der Waals surface area contributed by atoms with Crippen molar-refractivity contribution in [3.05, 3.63) is 133 Å². The standard InChI is InChI=1S/C27H22NO2P.ClH/c29-27(30)25-18-10-11-19-26(25)28-20-21-31(22-12-4-1-5-13-22,23-14-6-2-7-15-23)24-16-8-3-9-17-24;/h1-21,28H;1H. The molecule has 4 aromatic carbocycles. The molecule has 0 aliphatic carbocycles. The molecule has 3 nitrogen and oxygen atoms in total. The Balaban J connectivity index is 0.00000289. The second kappa shape index (κ2) is 10.8. The summed E-state index contributed by atoms with van der Waals surface area (Å²) in [6.07, 6.45) is 1.89. The molecule has 0 amide bonds. The summed E-state index contributed by atoms with van der Waals surface area (Å²) in [5, 5.41) is 16.4. The minimum absolute atomic E-state index is 0. The number of carboxylic acid groups (broad SMARTS) is 1. The lowest BCUT2D eigenvalue weighted by Crippen LogP contribution is -3.00. The molecule has 2 N–H and O–H groups in total. The fourth-order valence-corrected chi connectivity index (χ4v) is 7.37. The molecule has 0 atom stereocenters. The van der Waals surface area contributed by atoms with Gasteiger partial charge in [-0.3, -0.25) is 0 Å². The quantitative estimate of drug-likeness (QED) is 0.417. The smallest absolute Gasteiger partial charge is 0.337 e. The molecule has 4 aromatic rings. The van der Waals surface area contributed by atoms with Gasteiger partial charge in [-0.2, -0.15) is 0 Å². The largest absolute Gasteiger partial charge is 1.00 e. The SMILES string of the molecule is O=C(O)c1ccccc1NC=C[P+](c1ccccc1)(c1ccccc1)c1ccccc1.[Cl-]. The Morgan fingerprint density at radius 3 is 1.50 bits per heavy atom. The van der Waals surface area contributed by atoms with Crippen molar-refractivity contribution in [1.29, 1.82) is 0 Å². The van der Waals surface area contributed by atoms with E-state index in [9.17, 15) is 9.90 Å². The minimum atomic E-state index is -2.12. The molecule has 4 rings (SSSR count). The number of hydrogen-bond donors (Lipinski definition) is 2. The van der Waals surface area contributed by atoms with E-state index in [-0.39, 0.29) is 18.0 Å². The molecule has 0 bridgehead atoms. The summed E-state index contributed by atoms with van der Waals surface area (Å²) in [5.74, 6) is 1.26. The molecular formula is C27H23ClNO2P. The van der Waals surface area contributed by atoms with Gasteiger partial charge in [-0.1, -0.05) is 66.7 Å². The summed E-state index contributed by atoms with van der Waals surface area (Å²) in [6.45, 7) is 0. The maximum atomic E-state index is 11.6. The number of carbonyl (C=O) groups is 1. The van der Waals surface area contributed by atoms with Crippen LogP contribution < -0.4 is 33.6 Å². The summed E-state index contributed by atoms with van der Waals surface area (Å²) in [5.41, 5.74) is 0.814. The molecule has 0 fully saturated rings. The van der Waals surface area contributed by atoms with E-state index in [0.717, 1.165) is 0 Å². The molecule has 160 valence electrons. The van der Waals surface area contributed by atoms with Crippen molar-refractivity contribution < 1.29 is 22.3 Å². The molecule has 0 aromatic heterocycles. The van der Waals surface area contributed by atoms with Crippen LogP contribution in [-0.2, 0) is 0 Å². The Morgan fingerprint density at radius 1 is 0.656 bits per heavy atom. The van der Waals surface area contributed by atoms with Crippen LogP contribution in [0.3, 0.4) is 0 Å². The number of halogens is 1. The van der Waals surface area contributed by atoms with E-state index in [1.807, 2.05) is 30.5 Å². The van der Waals surface area contributed by atoms with Gasteiger partial charge in [-0.25, -0.2) is 4.79 Å². The fourth-order valence-electron chi connectivity index (χ4n) is 3.73. The van der Waals surface area contributed by atoms with Gasteiger partial charge in [0.25, 0.3) is 0 Å². The maximum absolute atomic E-state index is 11.6. The van der Waals surface area contributed by atoms with Crippen LogP contribution in [-0.4, -0.2) is 11.1 Å². The third-order valence-electron chi connectivity index (χ3n) is 5.18. The molecule has 0 radical (unpaired) electrons. The van der Waals surface area contributed by atoms with Gasteiger partial charge in [0, 0.05) is 6.20 Å². The second-order valence-corrected chi connectivity index (χ2v) is 10.3. The van der Waals surface area contributed by atoms with E-state index >= 15 is 0 Å². The molecule has 32 heavy (non-hydrogen) atoms.